The molecule has 15 heavy (non-hydrogen) atoms. The Balaban J connectivity index is 0.00000196. The van der Waals surface area contributed by atoms with Crippen molar-refractivity contribution in [3.05, 3.63) is 36.1 Å². The number of thioether (sulfide) groups is 1. The molecule has 0 amide bonds. The second-order valence-electron chi connectivity index (χ2n) is 3.07. The van der Waals surface area contributed by atoms with Gasteiger partial charge in [-0.25, -0.2) is 0 Å². The van der Waals surface area contributed by atoms with Crippen LogP contribution < -0.4 is 5.46 Å². The van der Waals surface area contributed by atoms with Gasteiger partial charge in [0.2, 0.25) is 0 Å². The first-order valence-electron chi connectivity index (χ1n) is 4.33. The van der Waals surface area contributed by atoms with Crippen molar-refractivity contribution in [1.82, 2.24) is 0 Å². The van der Waals surface area contributed by atoms with E-state index in [9.17, 15) is 9.82 Å². The predicted octanol–water partition coefficient (Wildman–Crippen LogP) is 1.21. The zero-order valence-electron chi connectivity index (χ0n) is 8.64. The molecule has 0 unspecified atom stereocenters. The van der Waals surface area contributed by atoms with E-state index in [1.807, 2.05) is 0 Å². The molecule has 0 heterocycles. The molecule has 1 radical (unpaired) electrons. The van der Waals surface area contributed by atoms with E-state index < -0.39 is 6.92 Å². The topological polar surface area (TPSA) is 37.3 Å². The molecule has 0 fully saturated rings. The molecule has 77 valence electrons. The summed E-state index contributed by atoms with van der Waals surface area (Å²) in [6.07, 6.45) is 3.55. The van der Waals surface area contributed by atoms with E-state index in [0.717, 1.165) is 5.46 Å². The molecule has 0 aliphatic rings. The van der Waals surface area contributed by atoms with Gasteiger partial charge in [-0.1, -0.05) is 31.1 Å². The molecule has 2 nitrogen and oxygen atoms in total. The number of ketones is 1. The second kappa shape index (κ2) is 7.61. The molecule has 0 aliphatic carbocycles. The van der Waals surface area contributed by atoms with Crippen LogP contribution in [0.25, 0.3) is 0 Å². The predicted molar refractivity (Wildman–Crippen MR) is 62.1 cm³/mol. The molecule has 0 saturated carbocycles. The first-order valence-corrected chi connectivity index (χ1v) is 5.49. The Morgan fingerprint density at radius 2 is 2.00 bits per heavy atom. The Kier molecular flexibility index (Phi) is 7.80. The molecule has 0 atom stereocenters. The summed E-state index contributed by atoms with van der Waals surface area (Å²) in [4.78, 5) is 11.4. The van der Waals surface area contributed by atoms with Crippen LogP contribution in [0.15, 0.2) is 24.3 Å². The van der Waals surface area contributed by atoms with Crippen LogP contribution in [0, 0.1) is 6.26 Å². The van der Waals surface area contributed by atoms with Gasteiger partial charge in [0.15, 0.2) is 5.78 Å². The monoisotopic (exact) mass is 296 g/mol. The van der Waals surface area contributed by atoms with E-state index >= 15 is 0 Å². The Morgan fingerprint density at radius 1 is 1.47 bits per heavy atom. The standard InChI is InChI=1S/C10H12BO2S.Y/c1-11(13)9-5-3-8(4-6-9)10(12)7-14-2;/h3-6,13H,2,7H2,1H3;/q-1;. The number of benzene rings is 1. The molecule has 1 N–H and O–H groups in total. The Morgan fingerprint density at radius 3 is 2.40 bits per heavy atom. The minimum absolute atomic E-state index is 0. The van der Waals surface area contributed by atoms with E-state index in [4.69, 9.17) is 0 Å². The molecular weight excluding hydrogens is 284 g/mol. The van der Waals surface area contributed by atoms with Crippen LogP contribution in [0.4, 0.5) is 0 Å². The van der Waals surface area contributed by atoms with Crippen molar-refractivity contribution in [3.8, 4) is 0 Å². The van der Waals surface area contributed by atoms with Crippen LogP contribution >= 0.6 is 11.8 Å². The van der Waals surface area contributed by atoms with Gasteiger partial charge in [0.25, 0.3) is 0 Å². The molecule has 0 spiro atoms. The van der Waals surface area contributed by atoms with Crippen LogP contribution in [0.5, 0.6) is 0 Å². The smallest absolute Gasteiger partial charge is 0.320 e. The molecule has 1 aromatic rings. The minimum Gasteiger partial charge on any atom is -0.447 e. The number of hydrogen-bond acceptors (Lipinski definition) is 3. The largest absolute Gasteiger partial charge is 0.447 e. The molecule has 5 heteroatoms. The summed E-state index contributed by atoms with van der Waals surface area (Å²) in [6.45, 7) is 1.21. The summed E-state index contributed by atoms with van der Waals surface area (Å²) >= 11 is 1.27. The maximum Gasteiger partial charge on any atom is 0.320 e. The van der Waals surface area contributed by atoms with Gasteiger partial charge in [-0.2, -0.15) is 0 Å². The molecule has 0 saturated heterocycles. The van der Waals surface area contributed by atoms with Crippen molar-refractivity contribution < 1.29 is 42.5 Å². The zero-order chi connectivity index (χ0) is 10.6. The maximum atomic E-state index is 11.4. The van der Waals surface area contributed by atoms with Crippen molar-refractivity contribution in [2.75, 3.05) is 5.75 Å². The quantitative estimate of drug-likeness (QED) is 0.515. The summed E-state index contributed by atoms with van der Waals surface area (Å²) in [5.74, 6) is 0.468. The molecular formula is C10H12BO2SY-. The summed E-state index contributed by atoms with van der Waals surface area (Å²) in [7, 11) is 0. The summed E-state index contributed by atoms with van der Waals surface area (Å²) < 4.78 is 0. The van der Waals surface area contributed by atoms with Crippen LogP contribution in [-0.4, -0.2) is 23.5 Å². The maximum absolute atomic E-state index is 11.4. The van der Waals surface area contributed by atoms with Crippen molar-refractivity contribution in [2.45, 2.75) is 6.82 Å². The normalized spacial score (nSPS) is 9.27. The number of carbonyl (C=O) groups is 1. The van der Waals surface area contributed by atoms with Crippen molar-refractivity contribution in [2.24, 2.45) is 0 Å². The summed E-state index contributed by atoms with van der Waals surface area (Å²) in [5.41, 5.74) is 1.49. The van der Waals surface area contributed by atoms with Gasteiger partial charge >= 0.3 is 6.92 Å². The Labute approximate surface area is 120 Å². The first kappa shape index (κ1) is 15.4. The number of carbonyl (C=O) groups excluding carboxylic acids is 1. The molecule has 0 aliphatic heterocycles. The number of Topliss-reactive ketones (excluding diaryl/α,β-unsaturated/α-hetero) is 1. The fourth-order valence-electron chi connectivity index (χ4n) is 1.12. The SMILES string of the molecule is [CH2-]SCC(=O)c1ccc(B(C)O)cc1.[Y]. The van der Waals surface area contributed by atoms with Crippen LogP contribution in [0.2, 0.25) is 6.82 Å². The van der Waals surface area contributed by atoms with E-state index in [-0.39, 0.29) is 38.5 Å². The molecule has 1 aromatic carbocycles. The third kappa shape index (κ3) is 4.81. The zero-order valence-corrected chi connectivity index (χ0v) is 12.3. The molecule has 1 rings (SSSR count). The van der Waals surface area contributed by atoms with E-state index in [2.05, 4.69) is 6.26 Å². The second-order valence-corrected chi connectivity index (χ2v) is 3.77. The van der Waals surface area contributed by atoms with Gasteiger partial charge < -0.3 is 16.8 Å². The van der Waals surface area contributed by atoms with Gasteiger partial charge in [-0.15, -0.1) is 0 Å². The average molecular weight is 296 g/mol. The Bertz CT molecular complexity index is 314. The fraction of sp³-hybridized carbons (Fsp3) is 0.200. The van der Waals surface area contributed by atoms with E-state index in [1.165, 1.54) is 11.8 Å². The molecule has 0 aromatic heterocycles. The number of rotatable bonds is 4. The minimum atomic E-state index is -0.485. The summed E-state index contributed by atoms with van der Waals surface area (Å²) in [5, 5.41) is 9.26. The van der Waals surface area contributed by atoms with Crippen molar-refractivity contribution in [1.29, 1.82) is 0 Å². The van der Waals surface area contributed by atoms with Gasteiger partial charge in [-0.05, 0) is 5.46 Å². The van der Waals surface area contributed by atoms with Crippen molar-refractivity contribution in [3.63, 3.8) is 0 Å². The molecule has 0 bridgehead atoms. The summed E-state index contributed by atoms with van der Waals surface area (Å²) in [6, 6.07) is 7.01. The van der Waals surface area contributed by atoms with Gasteiger partial charge in [0.05, 0.1) is 0 Å². The van der Waals surface area contributed by atoms with Gasteiger partial charge in [-0.3, -0.25) is 11.1 Å². The first-order chi connectivity index (χ1) is 6.65. The average Bonchev–Trinajstić information content (AvgIpc) is 2.18. The fourth-order valence-corrected chi connectivity index (χ4v) is 1.48. The van der Waals surface area contributed by atoms with Crippen molar-refractivity contribution >= 4 is 29.9 Å². The number of hydrogen-bond donors (Lipinski definition) is 1. The third-order valence-corrected chi connectivity index (χ3v) is 2.41. The third-order valence-electron chi connectivity index (χ3n) is 1.95. The van der Waals surface area contributed by atoms with E-state index in [0.29, 0.717) is 11.3 Å². The Hall–Kier alpha value is 0.369. The van der Waals surface area contributed by atoms with Gasteiger partial charge in [0.1, 0.15) is 0 Å². The van der Waals surface area contributed by atoms with Crippen LogP contribution in [0.1, 0.15) is 10.4 Å². The van der Waals surface area contributed by atoms with E-state index in [1.54, 1.807) is 31.1 Å². The van der Waals surface area contributed by atoms with Crippen LogP contribution in [0.3, 0.4) is 0 Å². The van der Waals surface area contributed by atoms with Crippen LogP contribution in [-0.2, 0) is 32.7 Å². The van der Waals surface area contributed by atoms with Gasteiger partial charge in [0, 0.05) is 44.0 Å².